The summed E-state index contributed by atoms with van der Waals surface area (Å²) in [5, 5.41) is 0. The second kappa shape index (κ2) is 12.6. The van der Waals surface area contributed by atoms with Gasteiger partial charge in [-0.3, -0.25) is 9.59 Å². The monoisotopic (exact) mass is 493 g/mol. The molecule has 0 atom stereocenters. The lowest BCUT2D eigenvalue weighted by molar-refractivity contribution is 0.0434. The minimum absolute atomic E-state index is 0.0605. The van der Waals surface area contributed by atoms with E-state index in [-0.39, 0.29) is 11.8 Å². The van der Waals surface area contributed by atoms with E-state index in [1.165, 1.54) is 77.0 Å². The molecule has 0 radical (unpaired) electrons. The van der Waals surface area contributed by atoms with Crippen molar-refractivity contribution < 1.29 is 9.59 Å². The van der Waals surface area contributed by atoms with Crippen molar-refractivity contribution in [2.75, 3.05) is 0 Å². The molecule has 1 aromatic rings. The molecule has 2 amide bonds. The summed E-state index contributed by atoms with van der Waals surface area (Å²) in [5.41, 5.74) is 0.952. The number of amides is 2. The van der Waals surface area contributed by atoms with E-state index in [1.54, 1.807) is 0 Å². The average Bonchev–Trinajstić information content (AvgIpc) is 2.96. The van der Waals surface area contributed by atoms with Crippen LogP contribution in [0, 0.1) is 0 Å². The molecule has 0 spiro atoms. The summed E-state index contributed by atoms with van der Waals surface area (Å²) >= 11 is 0. The molecule has 5 nitrogen and oxygen atoms in total. The highest BCUT2D eigenvalue weighted by Gasteiger charge is 2.36. The fraction of sp³-hybridized carbons (Fsp3) is 0.774. The van der Waals surface area contributed by atoms with Gasteiger partial charge in [-0.25, -0.2) is 4.98 Å². The first-order valence-electron chi connectivity index (χ1n) is 15.3. The fourth-order valence-electron chi connectivity index (χ4n) is 7.63. The first-order chi connectivity index (χ1) is 17.7. The molecule has 0 unspecified atom stereocenters. The van der Waals surface area contributed by atoms with E-state index < -0.39 is 0 Å². The van der Waals surface area contributed by atoms with Crippen LogP contribution in [0.25, 0.3) is 0 Å². The number of hydrogen-bond acceptors (Lipinski definition) is 3. The quantitative estimate of drug-likeness (QED) is 0.418. The van der Waals surface area contributed by atoms with Crippen LogP contribution in [0.15, 0.2) is 18.2 Å². The van der Waals surface area contributed by atoms with E-state index in [1.807, 2.05) is 18.2 Å². The molecule has 1 heterocycles. The number of rotatable bonds is 6. The van der Waals surface area contributed by atoms with Crippen LogP contribution in [-0.4, -0.2) is 50.8 Å². The van der Waals surface area contributed by atoms with Gasteiger partial charge in [0, 0.05) is 24.2 Å². The summed E-state index contributed by atoms with van der Waals surface area (Å²) in [7, 11) is 0. The summed E-state index contributed by atoms with van der Waals surface area (Å²) in [6.45, 7) is 0. The molecule has 4 aliphatic rings. The van der Waals surface area contributed by atoms with Crippen molar-refractivity contribution >= 4 is 11.8 Å². The lowest BCUT2D eigenvalue weighted by Crippen LogP contribution is -2.50. The van der Waals surface area contributed by atoms with Crippen molar-refractivity contribution in [1.29, 1.82) is 0 Å². The van der Waals surface area contributed by atoms with Crippen molar-refractivity contribution in [3.8, 4) is 0 Å². The summed E-state index contributed by atoms with van der Waals surface area (Å²) in [5.74, 6) is 0.121. The third kappa shape index (κ3) is 5.97. The second-order valence-electron chi connectivity index (χ2n) is 12.0. The van der Waals surface area contributed by atoms with Gasteiger partial charge >= 0.3 is 0 Å². The first kappa shape index (κ1) is 25.7. The predicted molar refractivity (Wildman–Crippen MR) is 144 cm³/mol. The van der Waals surface area contributed by atoms with E-state index in [4.69, 9.17) is 4.98 Å². The van der Waals surface area contributed by atoms with Crippen molar-refractivity contribution in [3.05, 3.63) is 29.6 Å². The maximum Gasteiger partial charge on any atom is 0.272 e. The number of nitrogens with zero attached hydrogens (tertiary/aromatic N) is 3. The fourth-order valence-corrected chi connectivity index (χ4v) is 7.63. The highest BCUT2D eigenvalue weighted by molar-refractivity contribution is 5.96. The molecule has 4 aliphatic carbocycles. The topological polar surface area (TPSA) is 53.5 Å². The van der Waals surface area contributed by atoms with Crippen LogP contribution in [-0.2, 0) is 0 Å². The van der Waals surface area contributed by atoms with Crippen molar-refractivity contribution in [2.24, 2.45) is 0 Å². The summed E-state index contributed by atoms with van der Waals surface area (Å²) in [4.78, 5) is 37.3. The summed E-state index contributed by atoms with van der Waals surface area (Å²) < 4.78 is 0. The highest BCUT2D eigenvalue weighted by Crippen LogP contribution is 2.33. The SMILES string of the molecule is O=C(c1cccc(C(=O)N(C2CCCCC2)C2CCCCC2)n1)N(C1CCCCC1)C1CCCCC1. The van der Waals surface area contributed by atoms with E-state index in [9.17, 15) is 9.59 Å². The van der Waals surface area contributed by atoms with E-state index in [0.717, 1.165) is 51.4 Å². The molecular formula is C31H47N3O2. The lowest BCUT2D eigenvalue weighted by atomic mass is 9.88. The second-order valence-corrected chi connectivity index (χ2v) is 12.0. The van der Waals surface area contributed by atoms with Crippen LogP contribution in [0.3, 0.4) is 0 Å². The van der Waals surface area contributed by atoms with Crippen LogP contribution in [0.2, 0.25) is 0 Å². The Morgan fingerprint density at radius 1 is 0.500 bits per heavy atom. The predicted octanol–water partition coefficient (Wildman–Crippen LogP) is 7.30. The lowest BCUT2D eigenvalue weighted by Gasteiger charge is -2.42. The molecule has 4 saturated carbocycles. The Morgan fingerprint density at radius 3 is 1.06 bits per heavy atom. The van der Waals surface area contributed by atoms with Gasteiger partial charge in [-0.15, -0.1) is 0 Å². The van der Waals surface area contributed by atoms with Gasteiger partial charge in [-0.1, -0.05) is 83.1 Å². The zero-order chi connectivity index (χ0) is 24.7. The Hall–Kier alpha value is -1.91. The van der Waals surface area contributed by atoms with Crippen LogP contribution < -0.4 is 0 Å². The van der Waals surface area contributed by atoms with Crippen LogP contribution >= 0.6 is 0 Å². The van der Waals surface area contributed by atoms with Crippen molar-refractivity contribution in [3.63, 3.8) is 0 Å². The molecule has 1 aromatic heterocycles. The highest BCUT2D eigenvalue weighted by atomic mass is 16.2. The van der Waals surface area contributed by atoms with Crippen molar-refractivity contribution in [2.45, 2.75) is 153 Å². The molecule has 198 valence electrons. The zero-order valence-electron chi connectivity index (χ0n) is 22.3. The molecule has 0 saturated heterocycles. The molecule has 5 rings (SSSR count). The number of carbonyl (C=O) groups is 2. The number of pyridine rings is 1. The summed E-state index contributed by atoms with van der Waals surface area (Å²) in [6, 6.07) is 6.92. The molecule has 0 aliphatic heterocycles. The Balaban J connectivity index is 1.39. The molecule has 0 bridgehead atoms. The van der Waals surface area contributed by atoms with E-state index in [2.05, 4.69) is 9.80 Å². The van der Waals surface area contributed by atoms with Crippen LogP contribution in [0.4, 0.5) is 0 Å². The Morgan fingerprint density at radius 2 is 0.778 bits per heavy atom. The standard InChI is InChI=1S/C31H47N3O2/c35-30(33(24-14-5-1-6-15-24)25-16-7-2-8-17-25)28-22-13-23-29(32-28)31(36)34(26-18-9-3-10-19-26)27-20-11-4-12-21-27/h13,22-27H,1-12,14-21H2. The van der Waals surface area contributed by atoms with Gasteiger partial charge in [0.15, 0.2) is 0 Å². The third-order valence-electron chi connectivity index (χ3n) is 9.53. The third-order valence-corrected chi connectivity index (χ3v) is 9.53. The maximum atomic E-state index is 14.0. The zero-order valence-corrected chi connectivity index (χ0v) is 22.3. The van der Waals surface area contributed by atoms with Gasteiger partial charge < -0.3 is 9.80 Å². The van der Waals surface area contributed by atoms with Gasteiger partial charge in [0.1, 0.15) is 11.4 Å². The van der Waals surface area contributed by atoms with E-state index in [0.29, 0.717) is 35.6 Å². The molecule has 0 aromatic carbocycles. The van der Waals surface area contributed by atoms with Crippen LogP contribution in [0.5, 0.6) is 0 Å². The van der Waals surface area contributed by atoms with Gasteiger partial charge in [0.25, 0.3) is 11.8 Å². The first-order valence-corrected chi connectivity index (χ1v) is 15.3. The Kier molecular flexibility index (Phi) is 8.97. The minimum Gasteiger partial charge on any atom is -0.331 e. The van der Waals surface area contributed by atoms with E-state index >= 15 is 0 Å². The maximum absolute atomic E-state index is 14.0. The molecule has 36 heavy (non-hydrogen) atoms. The van der Waals surface area contributed by atoms with Gasteiger partial charge in [0.2, 0.25) is 0 Å². The van der Waals surface area contributed by atoms with Gasteiger partial charge in [0.05, 0.1) is 0 Å². The Labute approximate surface area is 218 Å². The summed E-state index contributed by atoms with van der Waals surface area (Å²) in [6.07, 6.45) is 23.7. The van der Waals surface area contributed by atoms with Crippen molar-refractivity contribution in [1.82, 2.24) is 14.8 Å². The van der Waals surface area contributed by atoms with Gasteiger partial charge in [-0.05, 0) is 63.5 Å². The normalized spacial score (nSPS) is 23.3. The number of aromatic nitrogens is 1. The average molecular weight is 494 g/mol. The molecule has 4 fully saturated rings. The molecule has 5 heteroatoms. The van der Waals surface area contributed by atoms with Gasteiger partial charge in [-0.2, -0.15) is 0 Å². The molecular weight excluding hydrogens is 446 g/mol. The number of hydrogen-bond donors (Lipinski definition) is 0. The minimum atomic E-state index is 0.0605. The van der Waals surface area contributed by atoms with Crippen LogP contribution in [0.1, 0.15) is 149 Å². The molecule has 0 N–H and O–H groups in total. The number of carbonyl (C=O) groups excluding carboxylic acids is 2. The Bertz CT molecular complexity index is 759. The largest absolute Gasteiger partial charge is 0.331 e. The smallest absolute Gasteiger partial charge is 0.272 e.